The fraction of sp³-hybridized carbons (Fsp3) is 0.800. The van der Waals surface area contributed by atoms with E-state index in [1.807, 2.05) is 0 Å². The summed E-state index contributed by atoms with van der Waals surface area (Å²) >= 11 is 1.22. The van der Waals surface area contributed by atoms with Gasteiger partial charge in [0.05, 0.1) is 12.7 Å². The van der Waals surface area contributed by atoms with Crippen LogP contribution in [-0.4, -0.2) is 64.1 Å². The van der Waals surface area contributed by atoms with Crippen LogP contribution in [0.1, 0.15) is 11.4 Å². The molecule has 0 bridgehead atoms. The first-order chi connectivity index (χ1) is 8.95. The lowest BCUT2D eigenvalue weighted by molar-refractivity contribution is -0.147. The number of anilines is 1. The molecular formula is C10H18FN3O4S. The number of aryl methyl sites for hydroxylation is 1. The number of aromatic nitrogens is 2. The number of aliphatic hydroxyl groups is 3. The van der Waals surface area contributed by atoms with Gasteiger partial charge in [-0.15, -0.1) is 10.2 Å². The van der Waals surface area contributed by atoms with Crippen LogP contribution < -0.4 is 5.12 Å². The minimum Gasteiger partial charge on any atom is -0.394 e. The van der Waals surface area contributed by atoms with Crippen molar-refractivity contribution in [2.45, 2.75) is 31.7 Å². The molecule has 3 unspecified atom stereocenters. The zero-order valence-electron chi connectivity index (χ0n) is 10.7. The van der Waals surface area contributed by atoms with Crippen LogP contribution in [0.2, 0.25) is 0 Å². The third kappa shape index (κ3) is 4.96. The zero-order valence-corrected chi connectivity index (χ0v) is 11.5. The Morgan fingerprint density at radius 2 is 2.16 bits per heavy atom. The van der Waals surface area contributed by atoms with Crippen molar-refractivity contribution in [2.75, 3.05) is 25.4 Å². The Hall–Kier alpha value is -0.870. The molecule has 0 amide bonds. The maximum absolute atomic E-state index is 12.2. The molecule has 9 heteroatoms. The van der Waals surface area contributed by atoms with Gasteiger partial charge < -0.3 is 20.1 Å². The van der Waals surface area contributed by atoms with Crippen molar-refractivity contribution in [3.8, 4) is 0 Å². The fourth-order valence-electron chi connectivity index (χ4n) is 1.43. The highest BCUT2D eigenvalue weighted by atomic mass is 32.1. The van der Waals surface area contributed by atoms with Crippen molar-refractivity contribution < 1.29 is 24.5 Å². The van der Waals surface area contributed by atoms with Crippen molar-refractivity contribution in [1.29, 1.82) is 0 Å². The normalized spacial score (nSPS) is 26.5. The molecule has 3 N–H and O–H groups in total. The van der Waals surface area contributed by atoms with Crippen molar-refractivity contribution in [1.82, 2.24) is 10.2 Å². The van der Waals surface area contributed by atoms with Gasteiger partial charge in [-0.1, -0.05) is 15.8 Å². The molecule has 0 aliphatic carbocycles. The molecule has 19 heavy (non-hydrogen) atoms. The van der Waals surface area contributed by atoms with Gasteiger partial charge in [-0.2, -0.15) is 5.12 Å². The molecule has 110 valence electrons. The zero-order chi connectivity index (χ0) is 14.4. The molecule has 2 heterocycles. The van der Waals surface area contributed by atoms with Crippen LogP contribution in [0.4, 0.5) is 9.61 Å². The highest BCUT2D eigenvalue weighted by Gasteiger charge is 2.30. The summed E-state index contributed by atoms with van der Waals surface area (Å²) < 4.78 is 17.1. The monoisotopic (exact) mass is 295 g/mol. The number of rotatable bonds is 2. The number of halogens is 1. The second kappa shape index (κ2) is 7.65. The Labute approximate surface area is 114 Å². The molecule has 3 atom stereocenters. The Morgan fingerprint density at radius 1 is 1.47 bits per heavy atom. The van der Waals surface area contributed by atoms with Gasteiger partial charge in [-0.05, 0) is 13.3 Å². The summed E-state index contributed by atoms with van der Waals surface area (Å²) in [5, 5.41) is 35.4. The maximum Gasteiger partial charge on any atom is 0.235 e. The van der Waals surface area contributed by atoms with E-state index in [-0.39, 0.29) is 6.61 Å². The SMILES string of the molecule is Cc1nnc(N(C)F)s1.OCC1OCCC(O)C1O. The van der Waals surface area contributed by atoms with Crippen LogP contribution in [0.3, 0.4) is 0 Å². The number of hydrogen-bond donors (Lipinski definition) is 3. The van der Waals surface area contributed by atoms with Gasteiger partial charge in [-0.25, -0.2) is 0 Å². The maximum atomic E-state index is 12.2. The number of hydrogen-bond acceptors (Lipinski definition) is 8. The number of ether oxygens (including phenoxy) is 1. The second-order valence-corrected chi connectivity index (χ2v) is 5.18. The molecule has 1 aliphatic heterocycles. The first-order valence-corrected chi connectivity index (χ1v) is 6.55. The molecule has 1 fully saturated rings. The number of aliphatic hydroxyl groups excluding tert-OH is 3. The molecule has 1 aromatic rings. The van der Waals surface area contributed by atoms with E-state index in [4.69, 9.17) is 20.1 Å². The van der Waals surface area contributed by atoms with Crippen LogP contribution in [0, 0.1) is 6.92 Å². The van der Waals surface area contributed by atoms with E-state index in [0.29, 0.717) is 23.3 Å². The fourth-order valence-corrected chi connectivity index (χ4v) is 1.98. The van der Waals surface area contributed by atoms with E-state index in [9.17, 15) is 4.48 Å². The van der Waals surface area contributed by atoms with Gasteiger partial charge in [0.1, 0.15) is 17.2 Å². The van der Waals surface area contributed by atoms with E-state index < -0.39 is 18.3 Å². The molecule has 0 spiro atoms. The molecular weight excluding hydrogens is 277 g/mol. The van der Waals surface area contributed by atoms with E-state index in [2.05, 4.69) is 10.2 Å². The summed E-state index contributed by atoms with van der Waals surface area (Å²) in [5.41, 5.74) is 0. The predicted octanol–water partition coefficient (Wildman–Crippen LogP) is -0.343. The van der Waals surface area contributed by atoms with Crippen LogP contribution >= 0.6 is 11.3 Å². The van der Waals surface area contributed by atoms with Crippen molar-refractivity contribution in [3.05, 3.63) is 5.01 Å². The van der Waals surface area contributed by atoms with Gasteiger partial charge >= 0.3 is 0 Å². The van der Waals surface area contributed by atoms with Gasteiger partial charge in [-0.3, -0.25) is 0 Å². The Kier molecular flexibility index (Phi) is 6.52. The lowest BCUT2D eigenvalue weighted by Gasteiger charge is -2.30. The van der Waals surface area contributed by atoms with Crippen molar-refractivity contribution in [2.24, 2.45) is 0 Å². The van der Waals surface area contributed by atoms with E-state index >= 15 is 0 Å². The van der Waals surface area contributed by atoms with Gasteiger partial charge in [0.2, 0.25) is 5.13 Å². The van der Waals surface area contributed by atoms with Crippen molar-refractivity contribution >= 4 is 16.5 Å². The second-order valence-electron chi connectivity index (χ2n) is 4.02. The highest BCUT2D eigenvalue weighted by molar-refractivity contribution is 7.15. The highest BCUT2D eigenvalue weighted by Crippen LogP contribution is 2.17. The molecule has 1 aliphatic rings. The van der Waals surface area contributed by atoms with Crippen LogP contribution in [0.15, 0.2) is 0 Å². The summed E-state index contributed by atoms with van der Waals surface area (Å²) in [6.07, 6.45) is -1.84. The minimum absolute atomic E-state index is 0.238. The average molecular weight is 295 g/mol. The van der Waals surface area contributed by atoms with Crippen LogP contribution in [0.25, 0.3) is 0 Å². The smallest absolute Gasteiger partial charge is 0.235 e. The molecule has 7 nitrogen and oxygen atoms in total. The van der Waals surface area contributed by atoms with Crippen LogP contribution in [0.5, 0.6) is 0 Å². The summed E-state index contributed by atoms with van der Waals surface area (Å²) in [7, 11) is 1.29. The predicted molar refractivity (Wildman–Crippen MR) is 67.6 cm³/mol. The number of nitrogens with zero attached hydrogens (tertiary/aromatic N) is 3. The lowest BCUT2D eigenvalue weighted by atomic mass is 10.0. The molecule has 1 aromatic heterocycles. The van der Waals surface area contributed by atoms with Gasteiger partial charge in [0.15, 0.2) is 0 Å². The summed E-state index contributed by atoms with van der Waals surface area (Å²) in [6, 6.07) is 0. The Morgan fingerprint density at radius 3 is 2.53 bits per heavy atom. The average Bonchev–Trinajstić information content (AvgIpc) is 2.80. The summed E-state index contributed by atoms with van der Waals surface area (Å²) in [4.78, 5) is 0. The van der Waals surface area contributed by atoms with E-state index in [1.54, 1.807) is 6.92 Å². The van der Waals surface area contributed by atoms with E-state index in [1.165, 1.54) is 18.4 Å². The van der Waals surface area contributed by atoms with Gasteiger partial charge in [0.25, 0.3) is 0 Å². The van der Waals surface area contributed by atoms with Crippen LogP contribution in [-0.2, 0) is 4.74 Å². The third-order valence-electron chi connectivity index (χ3n) is 2.48. The van der Waals surface area contributed by atoms with E-state index in [0.717, 1.165) is 5.01 Å². The quantitative estimate of drug-likeness (QED) is 0.642. The minimum atomic E-state index is -0.932. The first kappa shape index (κ1) is 16.2. The topological polar surface area (TPSA) is 98.9 Å². The molecule has 2 rings (SSSR count). The molecule has 0 radical (unpaired) electrons. The van der Waals surface area contributed by atoms with Crippen molar-refractivity contribution in [3.63, 3.8) is 0 Å². The summed E-state index contributed by atoms with van der Waals surface area (Å²) in [6.45, 7) is 1.95. The third-order valence-corrected chi connectivity index (χ3v) is 3.37. The Balaban J connectivity index is 0.000000191. The molecule has 0 saturated carbocycles. The largest absolute Gasteiger partial charge is 0.394 e. The van der Waals surface area contributed by atoms with Gasteiger partial charge in [0, 0.05) is 13.7 Å². The lowest BCUT2D eigenvalue weighted by Crippen LogP contribution is -2.46. The standard InChI is InChI=1S/C6H12O4.C4H6FN3S/c7-3-5-6(9)4(8)1-2-10-5;1-3-6-7-4(9-3)8(2)5/h4-9H,1-3H2;1-2H3. The first-order valence-electron chi connectivity index (χ1n) is 5.74. The Bertz CT molecular complexity index is 379. The summed E-state index contributed by atoms with van der Waals surface area (Å²) in [5.74, 6) is 0. The molecule has 1 saturated heterocycles. The molecule has 0 aromatic carbocycles.